The molecule has 0 heterocycles. The van der Waals surface area contributed by atoms with Crippen molar-refractivity contribution in [2.45, 2.75) is 32.1 Å². The van der Waals surface area contributed by atoms with Crippen LogP contribution in [0.3, 0.4) is 0 Å². The lowest BCUT2D eigenvalue weighted by Gasteiger charge is -2.19. The van der Waals surface area contributed by atoms with E-state index in [1.165, 1.54) is 18.7 Å². The second-order valence-electron chi connectivity index (χ2n) is 4.99. The molecule has 0 radical (unpaired) electrons. The number of rotatable bonds is 4. The molecule has 108 valence electrons. The lowest BCUT2D eigenvalue weighted by molar-refractivity contribution is -0.125. The van der Waals surface area contributed by atoms with Crippen LogP contribution in [0.15, 0.2) is 23.3 Å². The Hall–Kier alpha value is -2.04. The van der Waals surface area contributed by atoms with Crippen molar-refractivity contribution in [2.24, 2.45) is 11.0 Å². The molecule has 20 heavy (non-hydrogen) atoms. The third kappa shape index (κ3) is 3.73. The number of carbonyl (C=O) groups excluding carboxylic acids is 1. The topological polar surface area (TPSA) is 70.9 Å². The standard InChI is InChI=1S/C15H20N2O3/c1-20-13-7-8-14(18)12(9-13)10-16-17-15(19)11-5-3-2-4-6-11/h7-11,18H,2-6H2,1H3,(H,17,19)/b16-10-. The van der Waals surface area contributed by atoms with Crippen LogP contribution < -0.4 is 10.2 Å². The van der Waals surface area contributed by atoms with E-state index in [1.807, 2.05) is 0 Å². The van der Waals surface area contributed by atoms with Crippen molar-refractivity contribution < 1.29 is 14.6 Å². The van der Waals surface area contributed by atoms with Gasteiger partial charge in [0, 0.05) is 11.5 Å². The second kappa shape index (κ2) is 6.93. The molecule has 5 nitrogen and oxygen atoms in total. The van der Waals surface area contributed by atoms with Gasteiger partial charge in [-0.3, -0.25) is 4.79 Å². The smallest absolute Gasteiger partial charge is 0.243 e. The highest BCUT2D eigenvalue weighted by atomic mass is 16.5. The van der Waals surface area contributed by atoms with Crippen molar-refractivity contribution >= 4 is 12.1 Å². The SMILES string of the molecule is COc1ccc(O)c(/C=N\NC(=O)C2CCCCC2)c1. The van der Waals surface area contributed by atoms with Gasteiger partial charge in [0.05, 0.1) is 13.3 Å². The largest absolute Gasteiger partial charge is 0.507 e. The average Bonchev–Trinajstić information content (AvgIpc) is 2.50. The number of carbonyl (C=O) groups is 1. The van der Waals surface area contributed by atoms with Crippen molar-refractivity contribution in [3.63, 3.8) is 0 Å². The summed E-state index contributed by atoms with van der Waals surface area (Å²) in [6.45, 7) is 0. The maximum atomic E-state index is 11.9. The zero-order chi connectivity index (χ0) is 14.4. The van der Waals surface area contributed by atoms with Crippen LogP contribution in [0.2, 0.25) is 0 Å². The normalized spacial score (nSPS) is 16.2. The minimum absolute atomic E-state index is 0.0386. The number of methoxy groups -OCH3 is 1. The number of benzene rings is 1. The number of amides is 1. The molecule has 0 bridgehead atoms. The van der Waals surface area contributed by atoms with Crippen LogP contribution in [0, 0.1) is 5.92 Å². The minimum Gasteiger partial charge on any atom is -0.507 e. The van der Waals surface area contributed by atoms with Gasteiger partial charge in [-0.15, -0.1) is 0 Å². The molecule has 1 fully saturated rings. The highest BCUT2D eigenvalue weighted by Crippen LogP contribution is 2.24. The third-order valence-electron chi connectivity index (χ3n) is 3.59. The lowest BCUT2D eigenvalue weighted by Crippen LogP contribution is -2.28. The van der Waals surface area contributed by atoms with Gasteiger partial charge in [-0.1, -0.05) is 19.3 Å². The van der Waals surface area contributed by atoms with Crippen LogP contribution in [0.5, 0.6) is 11.5 Å². The molecule has 1 aromatic carbocycles. The molecule has 2 rings (SSSR count). The van der Waals surface area contributed by atoms with Crippen molar-refractivity contribution in [2.75, 3.05) is 7.11 Å². The second-order valence-corrected chi connectivity index (χ2v) is 4.99. The first-order valence-electron chi connectivity index (χ1n) is 6.90. The molecule has 0 atom stereocenters. The predicted molar refractivity (Wildman–Crippen MR) is 77.0 cm³/mol. The molecule has 1 aliphatic carbocycles. The minimum atomic E-state index is -0.0386. The first-order valence-corrected chi connectivity index (χ1v) is 6.90. The molecular weight excluding hydrogens is 256 g/mol. The predicted octanol–water partition coefficient (Wildman–Crippen LogP) is 2.43. The van der Waals surface area contributed by atoms with E-state index in [-0.39, 0.29) is 17.6 Å². The summed E-state index contributed by atoms with van der Waals surface area (Å²) in [5.41, 5.74) is 3.05. The molecule has 1 saturated carbocycles. The van der Waals surface area contributed by atoms with Gasteiger partial charge in [-0.25, -0.2) is 5.43 Å². The van der Waals surface area contributed by atoms with E-state index in [0.29, 0.717) is 11.3 Å². The van der Waals surface area contributed by atoms with Crippen LogP contribution in [0.25, 0.3) is 0 Å². The summed E-state index contributed by atoms with van der Waals surface area (Å²) >= 11 is 0. The van der Waals surface area contributed by atoms with Gasteiger partial charge in [-0.05, 0) is 31.0 Å². The first-order chi connectivity index (χ1) is 9.70. The number of hydrogen-bond acceptors (Lipinski definition) is 4. The molecule has 0 aromatic heterocycles. The number of aromatic hydroxyl groups is 1. The quantitative estimate of drug-likeness (QED) is 0.655. The maximum absolute atomic E-state index is 11.9. The molecular formula is C15H20N2O3. The van der Waals surface area contributed by atoms with E-state index in [2.05, 4.69) is 10.5 Å². The molecule has 5 heteroatoms. The van der Waals surface area contributed by atoms with E-state index in [0.717, 1.165) is 25.7 Å². The zero-order valence-corrected chi connectivity index (χ0v) is 11.6. The van der Waals surface area contributed by atoms with Crippen molar-refractivity contribution in [3.8, 4) is 11.5 Å². The summed E-state index contributed by atoms with van der Waals surface area (Å²) in [6, 6.07) is 4.85. The fourth-order valence-electron chi connectivity index (χ4n) is 2.38. The summed E-state index contributed by atoms with van der Waals surface area (Å²) in [5.74, 6) is 0.757. The monoisotopic (exact) mass is 276 g/mol. The molecule has 0 saturated heterocycles. The number of hydrogen-bond donors (Lipinski definition) is 2. The van der Waals surface area contributed by atoms with Crippen LogP contribution >= 0.6 is 0 Å². The molecule has 0 spiro atoms. The molecule has 0 unspecified atom stereocenters. The molecule has 1 aliphatic rings. The molecule has 2 N–H and O–H groups in total. The number of phenols is 1. The molecule has 0 aliphatic heterocycles. The van der Waals surface area contributed by atoms with E-state index < -0.39 is 0 Å². The van der Waals surface area contributed by atoms with Crippen LogP contribution in [-0.4, -0.2) is 24.3 Å². The van der Waals surface area contributed by atoms with Crippen LogP contribution in [-0.2, 0) is 4.79 Å². The lowest BCUT2D eigenvalue weighted by atomic mass is 9.89. The highest BCUT2D eigenvalue weighted by molar-refractivity contribution is 5.86. The fraction of sp³-hybridized carbons (Fsp3) is 0.467. The molecule has 1 aromatic rings. The Balaban J connectivity index is 1.94. The zero-order valence-electron chi connectivity index (χ0n) is 11.6. The average molecular weight is 276 g/mol. The molecule has 1 amide bonds. The number of nitrogens with one attached hydrogen (secondary N) is 1. The van der Waals surface area contributed by atoms with Crippen LogP contribution in [0.1, 0.15) is 37.7 Å². The van der Waals surface area contributed by atoms with E-state index in [9.17, 15) is 9.90 Å². The highest BCUT2D eigenvalue weighted by Gasteiger charge is 2.20. The Morgan fingerprint density at radius 1 is 1.40 bits per heavy atom. The van der Waals surface area contributed by atoms with Gasteiger partial charge in [0.1, 0.15) is 11.5 Å². The van der Waals surface area contributed by atoms with E-state index >= 15 is 0 Å². The number of ether oxygens (including phenoxy) is 1. The van der Waals surface area contributed by atoms with Gasteiger partial charge in [0.2, 0.25) is 5.91 Å². The summed E-state index contributed by atoms with van der Waals surface area (Å²) in [7, 11) is 1.55. The Morgan fingerprint density at radius 3 is 2.85 bits per heavy atom. The number of hydrazone groups is 1. The van der Waals surface area contributed by atoms with Gasteiger partial charge in [0.15, 0.2) is 0 Å². The Kier molecular flexibility index (Phi) is 4.98. The Morgan fingerprint density at radius 2 is 2.15 bits per heavy atom. The van der Waals surface area contributed by atoms with Crippen molar-refractivity contribution in [1.29, 1.82) is 0 Å². The van der Waals surface area contributed by atoms with Gasteiger partial charge >= 0.3 is 0 Å². The Labute approximate surface area is 118 Å². The van der Waals surface area contributed by atoms with E-state index in [4.69, 9.17) is 4.74 Å². The van der Waals surface area contributed by atoms with Crippen LogP contribution in [0.4, 0.5) is 0 Å². The number of phenolic OH excluding ortho intramolecular Hbond substituents is 1. The number of nitrogens with zero attached hydrogens (tertiary/aromatic N) is 1. The van der Waals surface area contributed by atoms with Gasteiger partial charge < -0.3 is 9.84 Å². The van der Waals surface area contributed by atoms with Crippen molar-refractivity contribution in [3.05, 3.63) is 23.8 Å². The summed E-state index contributed by atoms with van der Waals surface area (Å²) in [6.07, 6.45) is 6.73. The van der Waals surface area contributed by atoms with Gasteiger partial charge in [0.25, 0.3) is 0 Å². The summed E-state index contributed by atoms with van der Waals surface area (Å²) in [4.78, 5) is 11.9. The Bertz CT molecular complexity index is 494. The first kappa shape index (κ1) is 14.4. The maximum Gasteiger partial charge on any atom is 0.243 e. The van der Waals surface area contributed by atoms with Gasteiger partial charge in [-0.2, -0.15) is 5.10 Å². The third-order valence-corrected chi connectivity index (χ3v) is 3.59. The van der Waals surface area contributed by atoms with E-state index in [1.54, 1.807) is 19.2 Å². The summed E-state index contributed by atoms with van der Waals surface area (Å²) < 4.78 is 5.07. The fourth-order valence-corrected chi connectivity index (χ4v) is 2.38. The van der Waals surface area contributed by atoms with Crippen molar-refractivity contribution in [1.82, 2.24) is 5.43 Å². The summed E-state index contributed by atoms with van der Waals surface area (Å²) in [5, 5.41) is 13.6.